The predicted molar refractivity (Wildman–Crippen MR) is 111 cm³/mol. The van der Waals surface area contributed by atoms with E-state index in [1.54, 1.807) is 23.0 Å². The summed E-state index contributed by atoms with van der Waals surface area (Å²) in [6.07, 6.45) is -0.537. The van der Waals surface area contributed by atoms with Gasteiger partial charge in [-0.1, -0.05) is 0 Å². The summed E-state index contributed by atoms with van der Waals surface area (Å²) in [4.78, 5) is 15.4. The number of primary amides is 1. The van der Waals surface area contributed by atoms with Crippen LogP contribution in [0, 0.1) is 5.92 Å². The van der Waals surface area contributed by atoms with E-state index in [2.05, 4.69) is 10.1 Å². The molecule has 0 bridgehead atoms. The molecular formula is C22H23F3N4O3. The molecule has 0 atom stereocenters. The first-order valence-electron chi connectivity index (χ1n) is 10.6. The molecule has 7 nitrogen and oxygen atoms in total. The van der Waals surface area contributed by atoms with E-state index in [-0.39, 0.29) is 23.8 Å². The molecule has 0 aliphatic heterocycles. The molecule has 10 heteroatoms. The van der Waals surface area contributed by atoms with E-state index in [1.165, 1.54) is 7.11 Å². The minimum atomic E-state index is -4.73. The Labute approximate surface area is 183 Å². The van der Waals surface area contributed by atoms with Crippen molar-refractivity contribution >= 4 is 16.8 Å². The molecule has 2 aromatic heterocycles. The Kier molecular flexibility index (Phi) is 5.46. The molecule has 1 saturated carbocycles. The van der Waals surface area contributed by atoms with Gasteiger partial charge in [0.2, 0.25) is 0 Å². The molecule has 0 spiro atoms. The van der Waals surface area contributed by atoms with Gasteiger partial charge in [-0.25, -0.2) is 4.98 Å². The molecule has 32 heavy (non-hydrogen) atoms. The maximum Gasteiger partial charge on any atom is 0.433 e. The lowest BCUT2D eigenvalue weighted by Crippen LogP contribution is -2.20. The SMILES string of the molecule is [2H]C1(n2cc3cc(-c4ccc(C(F)(F)F)nc4C(N)=O)c(OC)cc3n2)CCC(CO)CC1. The Morgan fingerprint density at radius 2 is 2.00 bits per heavy atom. The van der Waals surface area contributed by atoms with Crippen molar-refractivity contribution in [2.45, 2.75) is 37.9 Å². The lowest BCUT2D eigenvalue weighted by atomic mass is 9.87. The number of ether oxygens (including phenoxy) is 1. The number of alkyl halides is 3. The number of carbonyl (C=O) groups excluding carboxylic acids is 1. The number of nitrogens with zero attached hydrogens (tertiary/aromatic N) is 3. The van der Waals surface area contributed by atoms with Gasteiger partial charge in [0.25, 0.3) is 5.91 Å². The second kappa shape index (κ2) is 8.42. The van der Waals surface area contributed by atoms with Crippen LogP contribution in [-0.2, 0) is 6.18 Å². The van der Waals surface area contributed by atoms with E-state index >= 15 is 0 Å². The average molecular weight is 449 g/mol. The molecule has 1 amide bonds. The number of aromatic nitrogens is 3. The molecule has 170 valence electrons. The number of rotatable bonds is 5. The maximum atomic E-state index is 13.1. The van der Waals surface area contributed by atoms with E-state index in [9.17, 15) is 23.1 Å². The fourth-order valence-corrected chi connectivity index (χ4v) is 4.04. The highest BCUT2D eigenvalue weighted by atomic mass is 19.4. The van der Waals surface area contributed by atoms with Crippen molar-refractivity contribution in [3.05, 3.63) is 41.9 Å². The van der Waals surface area contributed by atoms with Crippen molar-refractivity contribution in [3.8, 4) is 16.9 Å². The number of carbonyl (C=O) groups is 1. The summed E-state index contributed by atoms with van der Waals surface area (Å²) in [5.41, 5.74) is 4.57. The smallest absolute Gasteiger partial charge is 0.433 e. The standard InChI is InChI=1S/C22H23F3N4O3/c1-32-18-9-17-13(10-29(28-17)14-4-2-12(11-30)3-5-14)8-16(18)15-6-7-19(22(23,24)25)27-20(15)21(26)31/h6-10,12,14,30H,2-5,11H2,1H3,(H2,26,31)/i14D. The average Bonchev–Trinajstić information content (AvgIpc) is 3.21. The largest absolute Gasteiger partial charge is 0.496 e. The first-order chi connectivity index (χ1) is 15.6. The first kappa shape index (κ1) is 20.7. The molecule has 3 N–H and O–H groups in total. The van der Waals surface area contributed by atoms with Crippen molar-refractivity contribution in [1.82, 2.24) is 14.8 Å². The van der Waals surface area contributed by atoms with Crippen LogP contribution < -0.4 is 10.5 Å². The second-order valence-corrected chi connectivity index (χ2v) is 7.83. The molecule has 1 aromatic carbocycles. The molecule has 1 aliphatic rings. The third kappa shape index (κ3) is 4.14. The zero-order valence-corrected chi connectivity index (χ0v) is 17.3. The number of fused-ring (bicyclic) bond motifs is 1. The van der Waals surface area contributed by atoms with Crippen LogP contribution in [0.1, 0.15) is 49.3 Å². The lowest BCUT2D eigenvalue weighted by molar-refractivity contribution is -0.141. The minimum absolute atomic E-state index is 0.0983. The van der Waals surface area contributed by atoms with E-state index in [0.717, 1.165) is 12.1 Å². The number of aliphatic hydroxyl groups excluding tert-OH is 1. The quantitative estimate of drug-likeness (QED) is 0.614. The third-order valence-corrected chi connectivity index (χ3v) is 5.80. The van der Waals surface area contributed by atoms with E-state index in [4.69, 9.17) is 11.8 Å². The van der Waals surface area contributed by atoms with Gasteiger partial charge in [0.05, 0.1) is 20.0 Å². The van der Waals surface area contributed by atoms with Gasteiger partial charge in [-0.15, -0.1) is 0 Å². The number of pyridine rings is 1. The fraction of sp³-hybridized carbons (Fsp3) is 0.409. The topological polar surface area (TPSA) is 103 Å². The van der Waals surface area contributed by atoms with Gasteiger partial charge in [0.1, 0.15) is 17.1 Å². The van der Waals surface area contributed by atoms with Gasteiger partial charge >= 0.3 is 6.18 Å². The number of aliphatic hydroxyl groups is 1. The molecule has 2 heterocycles. The normalized spacial score (nSPS) is 22.0. The number of benzene rings is 1. The van der Waals surface area contributed by atoms with Crippen LogP contribution in [0.5, 0.6) is 5.75 Å². The number of nitrogens with two attached hydrogens (primary N) is 1. The maximum absolute atomic E-state index is 13.1. The molecule has 0 radical (unpaired) electrons. The van der Waals surface area contributed by atoms with Crippen LogP contribution in [0.4, 0.5) is 13.2 Å². The monoisotopic (exact) mass is 449 g/mol. The zero-order valence-electron chi connectivity index (χ0n) is 18.3. The van der Waals surface area contributed by atoms with Crippen molar-refractivity contribution in [3.63, 3.8) is 0 Å². The Balaban J connectivity index is 1.80. The predicted octanol–water partition coefficient (Wildman–Crippen LogP) is 3.95. The lowest BCUT2D eigenvalue weighted by Gasteiger charge is -2.27. The van der Waals surface area contributed by atoms with Crippen LogP contribution in [0.3, 0.4) is 0 Å². The van der Waals surface area contributed by atoms with Gasteiger partial charge in [-0.2, -0.15) is 18.3 Å². The molecular weight excluding hydrogens is 425 g/mol. The number of hydrogen-bond acceptors (Lipinski definition) is 5. The summed E-state index contributed by atoms with van der Waals surface area (Å²) < 4.78 is 55.2. The number of amides is 1. The van der Waals surface area contributed by atoms with Gasteiger partial charge in [-0.3, -0.25) is 9.48 Å². The molecule has 3 aromatic rings. The van der Waals surface area contributed by atoms with Crippen LogP contribution >= 0.6 is 0 Å². The Morgan fingerprint density at radius 3 is 2.59 bits per heavy atom. The highest BCUT2D eigenvalue weighted by Gasteiger charge is 2.34. The van der Waals surface area contributed by atoms with Crippen molar-refractivity contribution in [1.29, 1.82) is 0 Å². The van der Waals surface area contributed by atoms with E-state index < -0.39 is 29.5 Å². The zero-order chi connectivity index (χ0) is 24.0. The van der Waals surface area contributed by atoms with Gasteiger partial charge in [0, 0.05) is 35.4 Å². The molecule has 0 unspecified atom stereocenters. The highest BCUT2D eigenvalue weighted by Crippen LogP contribution is 2.38. The van der Waals surface area contributed by atoms with Crippen molar-refractivity contribution in [2.24, 2.45) is 11.7 Å². The summed E-state index contributed by atoms with van der Waals surface area (Å²) in [7, 11) is 1.39. The second-order valence-electron chi connectivity index (χ2n) is 7.83. The summed E-state index contributed by atoms with van der Waals surface area (Å²) in [6.45, 7) is 0.0983. The summed E-state index contributed by atoms with van der Waals surface area (Å²) in [6, 6.07) is 4.20. The molecule has 1 aliphatic carbocycles. The van der Waals surface area contributed by atoms with Crippen molar-refractivity contribution < 1.29 is 29.2 Å². The third-order valence-electron chi connectivity index (χ3n) is 5.80. The van der Waals surface area contributed by atoms with Gasteiger partial charge in [-0.05, 0) is 49.8 Å². The Bertz CT molecular complexity index is 1200. The number of methoxy groups -OCH3 is 1. The summed E-state index contributed by atoms with van der Waals surface area (Å²) in [5, 5.41) is 14.5. The van der Waals surface area contributed by atoms with E-state index in [0.29, 0.717) is 42.1 Å². The number of hydrogen-bond donors (Lipinski definition) is 2. The number of halogens is 3. The summed E-state index contributed by atoms with van der Waals surface area (Å²) in [5.74, 6) is -0.640. The molecule has 0 saturated heterocycles. The highest BCUT2D eigenvalue weighted by molar-refractivity contribution is 6.00. The fourth-order valence-electron chi connectivity index (χ4n) is 4.04. The van der Waals surface area contributed by atoms with Gasteiger partial charge < -0.3 is 15.6 Å². The van der Waals surface area contributed by atoms with Gasteiger partial charge in [0.15, 0.2) is 0 Å². The molecule has 1 fully saturated rings. The van der Waals surface area contributed by atoms with Crippen LogP contribution in [0.2, 0.25) is 0 Å². The van der Waals surface area contributed by atoms with E-state index in [1.807, 2.05) is 0 Å². The minimum Gasteiger partial charge on any atom is -0.496 e. The Morgan fingerprint density at radius 1 is 1.28 bits per heavy atom. The van der Waals surface area contributed by atoms with Crippen LogP contribution in [-0.4, -0.2) is 39.5 Å². The first-order valence-corrected chi connectivity index (χ1v) is 10.1. The van der Waals surface area contributed by atoms with Crippen LogP contribution in [0.25, 0.3) is 22.0 Å². The molecule has 4 rings (SSSR count). The van der Waals surface area contributed by atoms with Crippen molar-refractivity contribution in [2.75, 3.05) is 13.7 Å². The summed E-state index contributed by atoms with van der Waals surface area (Å²) >= 11 is 0. The van der Waals surface area contributed by atoms with Crippen LogP contribution in [0.15, 0.2) is 30.5 Å². The Hall–Kier alpha value is -3.14.